The van der Waals surface area contributed by atoms with Gasteiger partial charge in [-0.05, 0) is 55.0 Å². The summed E-state index contributed by atoms with van der Waals surface area (Å²) in [6.07, 6.45) is 1.46. The van der Waals surface area contributed by atoms with E-state index in [1.807, 2.05) is 67.6 Å². The maximum atomic E-state index is 11.7. The van der Waals surface area contributed by atoms with Crippen molar-refractivity contribution in [2.45, 2.75) is 6.92 Å². The van der Waals surface area contributed by atoms with Crippen molar-refractivity contribution in [3.63, 3.8) is 0 Å². The molecule has 0 fully saturated rings. The third kappa shape index (κ3) is 4.55. The Bertz CT molecular complexity index is 865. The van der Waals surface area contributed by atoms with Crippen molar-refractivity contribution in [1.29, 1.82) is 0 Å². The minimum Gasteiger partial charge on any atom is -0.503 e. The van der Waals surface area contributed by atoms with E-state index in [0.29, 0.717) is 6.54 Å². The van der Waals surface area contributed by atoms with Gasteiger partial charge in [0.1, 0.15) is 0 Å². The molecule has 3 rings (SSSR count). The Morgan fingerprint density at radius 3 is 1.81 bits per heavy atom. The lowest BCUT2D eigenvalue weighted by Crippen LogP contribution is -2.24. The molecular weight excluding hydrogens is 336 g/mol. The number of aliphatic hydroxyl groups is 1. The summed E-state index contributed by atoms with van der Waals surface area (Å²) < 4.78 is 0. The molecule has 2 N–H and O–H groups in total. The molecule has 136 valence electrons. The van der Waals surface area contributed by atoms with Crippen molar-refractivity contribution in [2.75, 3.05) is 11.4 Å². The lowest BCUT2D eigenvalue weighted by atomic mass is 10.1. The molecule has 0 aromatic heterocycles. The van der Waals surface area contributed by atoms with Crippen LogP contribution >= 0.6 is 0 Å². The number of rotatable bonds is 6. The molecule has 0 radical (unpaired) electrons. The van der Waals surface area contributed by atoms with Gasteiger partial charge >= 0.3 is 0 Å². The average Bonchev–Trinajstić information content (AvgIpc) is 2.71. The molecule has 3 aromatic carbocycles. The van der Waals surface area contributed by atoms with Crippen LogP contribution in [0.1, 0.15) is 12.5 Å². The SMILES string of the molecule is CCNC(=O)/C(O)=C\c1ccc(N(c2ccccc2)c2ccccc2)cc1. The highest BCUT2D eigenvalue weighted by atomic mass is 16.3. The van der Waals surface area contributed by atoms with Crippen molar-refractivity contribution in [1.82, 2.24) is 5.32 Å². The van der Waals surface area contributed by atoms with E-state index in [9.17, 15) is 9.90 Å². The number of hydrogen-bond donors (Lipinski definition) is 2. The highest BCUT2D eigenvalue weighted by Gasteiger charge is 2.12. The molecule has 0 atom stereocenters. The van der Waals surface area contributed by atoms with Crippen LogP contribution in [0.3, 0.4) is 0 Å². The molecule has 3 aromatic rings. The van der Waals surface area contributed by atoms with Gasteiger partial charge in [0, 0.05) is 23.6 Å². The van der Waals surface area contributed by atoms with Crippen LogP contribution in [0.2, 0.25) is 0 Å². The van der Waals surface area contributed by atoms with Gasteiger partial charge in [-0.15, -0.1) is 0 Å². The van der Waals surface area contributed by atoms with E-state index in [4.69, 9.17) is 0 Å². The second kappa shape index (κ2) is 8.72. The van der Waals surface area contributed by atoms with Crippen LogP contribution in [0.25, 0.3) is 6.08 Å². The van der Waals surface area contributed by atoms with Gasteiger partial charge < -0.3 is 15.3 Å². The van der Waals surface area contributed by atoms with E-state index < -0.39 is 5.91 Å². The number of para-hydroxylation sites is 2. The predicted octanol–water partition coefficient (Wildman–Crippen LogP) is 5.19. The van der Waals surface area contributed by atoms with Gasteiger partial charge in [-0.2, -0.15) is 0 Å². The van der Waals surface area contributed by atoms with Crippen LogP contribution in [0.4, 0.5) is 17.1 Å². The molecule has 0 heterocycles. The first-order chi connectivity index (χ1) is 13.2. The zero-order valence-electron chi connectivity index (χ0n) is 15.2. The Hall–Kier alpha value is -3.53. The van der Waals surface area contributed by atoms with Crippen LogP contribution in [0.5, 0.6) is 0 Å². The molecule has 0 bridgehead atoms. The molecule has 0 spiro atoms. The Labute approximate surface area is 159 Å². The van der Waals surface area contributed by atoms with Gasteiger partial charge in [-0.3, -0.25) is 4.79 Å². The largest absolute Gasteiger partial charge is 0.503 e. The summed E-state index contributed by atoms with van der Waals surface area (Å²) in [4.78, 5) is 13.8. The van der Waals surface area contributed by atoms with Crippen molar-refractivity contribution in [2.24, 2.45) is 0 Å². The van der Waals surface area contributed by atoms with E-state index >= 15 is 0 Å². The molecule has 27 heavy (non-hydrogen) atoms. The van der Waals surface area contributed by atoms with Crippen LogP contribution in [-0.4, -0.2) is 17.6 Å². The van der Waals surface area contributed by atoms with E-state index in [0.717, 1.165) is 22.6 Å². The lowest BCUT2D eigenvalue weighted by molar-refractivity contribution is -0.119. The second-order valence-electron chi connectivity index (χ2n) is 5.99. The first kappa shape index (κ1) is 18.3. The minimum absolute atomic E-state index is 0.299. The average molecular weight is 358 g/mol. The zero-order valence-corrected chi connectivity index (χ0v) is 15.2. The first-order valence-electron chi connectivity index (χ1n) is 8.88. The van der Waals surface area contributed by atoms with Gasteiger partial charge in [0.05, 0.1) is 0 Å². The summed E-state index contributed by atoms with van der Waals surface area (Å²) in [5.74, 6) is -0.774. The number of likely N-dealkylation sites (N-methyl/N-ethyl adjacent to an activating group) is 1. The van der Waals surface area contributed by atoms with Gasteiger partial charge in [0.2, 0.25) is 0 Å². The smallest absolute Gasteiger partial charge is 0.286 e. The number of aliphatic hydroxyl groups excluding tert-OH is 1. The molecule has 4 heteroatoms. The summed E-state index contributed by atoms with van der Waals surface area (Å²) in [7, 11) is 0. The second-order valence-corrected chi connectivity index (χ2v) is 5.99. The summed E-state index contributed by atoms with van der Waals surface area (Å²) >= 11 is 0. The summed E-state index contributed by atoms with van der Waals surface area (Å²) in [6, 6.07) is 27.9. The maximum absolute atomic E-state index is 11.7. The fourth-order valence-electron chi connectivity index (χ4n) is 2.80. The molecular formula is C23H22N2O2. The fourth-order valence-corrected chi connectivity index (χ4v) is 2.80. The number of nitrogens with zero attached hydrogens (tertiary/aromatic N) is 1. The molecule has 0 saturated heterocycles. The predicted molar refractivity (Wildman–Crippen MR) is 110 cm³/mol. The Balaban J connectivity index is 1.93. The van der Waals surface area contributed by atoms with Gasteiger partial charge in [0.15, 0.2) is 5.76 Å². The van der Waals surface area contributed by atoms with Crippen LogP contribution < -0.4 is 10.2 Å². The monoisotopic (exact) mass is 358 g/mol. The highest BCUT2D eigenvalue weighted by Crippen LogP contribution is 2.34. The Morgan fingerprint density at radius 2 is 1.33 bits per heavy atom. The maximum Gasteiger partial charge on any atom is 0.286 e. The van der Waals surface area contributed by atoms with Crippen molar-refractivity contribution < 1.29 is 9.90 Å². The number of benzene rings is 3. The lowest BCUT2D eigenvalue weighted by Gasteiger charge is -2.25. The van der Waals surface area contributed by atoms with Crippen LogP contribution in [0.15, 0.2) is 90.7 Å². The minimum atomic E-state index is -0.475. The molecule has 1 amide bonds. The Kier molecular flexibility index (Phi) is 5.90. The third-order valence-electron chi connectivity index (χ3n) is 4.05. The van der Waals surface area contributed by atoms with Crippen molar-refractivity contribution in [3.8, 4) is 0 Å². The first-order valence-corrected chi connectivity index (χ1v) is 8.88. The van der Waals surface area contributed by atoms with E-state index in [1.54, 1.807) is 0 Å². The topological polar surface area (TPSA) is 52.6 Å². The summed E-state index contributed by atoms with van der Waals surface area (Å²) in [5, 5.41) is 12.4. The fraction of sp³-hybridized carbons (Fsp3) is 0.0870. The van der Waals surface area contributed by atoms with E-state index in [1.165, 1.54) is 6.08 Å². The number of amides is 1. The molecule has 0 unspecified atom stereocenters. The molecule has 0 aliphatic carbocycles. The number of anilines is 3. The number of nitrogens with one attached hydrogen (secondary N) is 1. The molecule has 0 saturated carbocycles. The van der Waals surface area contributed by atoms with Gasteiger partial charge in [0.25, 0.3) is 5.91 Å². The third-order valence-corrected chi connectivity index (χ3v) is 4.05. The standard InChI is InChI=1S/C23H22N2O2/c1-2-24-23(27)22(26)17-18-13-15-21(16-14-18)25(19-9-5-3-6-10-19)20-11-7-4-8-12-20/h3-17,26H,2H2,1H3,(H,24,27)/b22-17+. The highest BCUT2D eigenvalue weighted by molar-refractivity contribution is 5.95. The van der Waals surface area contributed by atoms with Crippen molar-refractivity contribution >= 4 is 29.0 Å². The van der Waals surface area contributed by atoms with E-state index in [2.05, 4.69) is 34.5 Å². The van der Waals surface area contributed by atoms with Gasteiger partial charge in [-0.1, -0.05) is 48.5 Å². The quantitative estimate of drug-likeness (QED) is 0.471. The molecule has 0 aliphatic heterocycles. The number of carbonyl (C=O) groups excluding carboxylic acids is 1. The number of hydrogen-bond acceptors (Lipinski definition) is 3. The van der Waals surface area contributed by atoms with Crippen molar-refractivity contribution in [3.05, 3.63) is 96.3 Å². The van der Waals surface area contributed by atoms with Gasteiger partial charge in [-0.25, -0.2) is 0 Å². The molecule has 0 aliphatic rings. The van der Waals surface area contributed by atoms with Crippen LogP contribution in [-0.2, 0) is 4.79 Å². The molecule has 4 nitrogen and oxygen atoms in total. The number of carbonyl (C=O) groups is 1. The van der Waals surface area contributed by atoms with Crippen LogP contribution in [0, 0.1) is 0 Å². The summed E-state index contributed by atoms with van der Waals surface area (Å²) in [5.41, 5.74) is 3.85. The normalized spacial score (nSPS) is 11.1. The zero-order chi connectivity index (χ0) is 19.1. The van der Waals surface area contributed by atoms with E-state index in [-0.39, 0.29) is 5.76 Å². The summed E-state index contributed by atoms with van der Waals surface area (Å²) in [6.45, 7) is 2.28. The Morgan fingerprint density at radius 1 is 0.852 bits per heavy atom.